The van der Waals surface area contributed by atoms with E-state index < -0.39 is 0 Å². The Balaban J connectivity index is 3.37. The molecule has 0 spiro atoms. The second-order valence-corrected chi connectivity index (χ2v) is 3.31. The molecule has 0 amide bonds. The van der Waals surface area contributed by atoms with Crippen LogP contribution < -0.4 is 5.32 Å². The van der Waals surface area contributed by atoms with E-state index in [1.807, 2.05) is 6.92 Å². The summed E-state index contributed by atoms with van der Waals surface area (Å²) in [7, 11) is 0. The Hall–Kier alpha value is 0.280. The molecule has 0 aromatic heterocycles. The van der Waals surface area contributed by atoms with Gasteiger partial charge in [-0.1, -0.05) is 11.6 Å². The lowest BCUT2D eigenvalue weighted by Crippen LogP contribution is -2.27. The number of nitrogens with one attached hydrogen (secondary N) is 1. The highest BCUT2D eigenvalue weighted by Crippen LogP contribution is 1.96. The minimum atomic E-state index is 0.471. The van der Waals surface area contributed by atoms with Gasteiger partial charge in [0.2, 0.25) is 0 Å². The molecule has 0 aliphatic heterocycles. The predicted octanol–water partition coefficient (Wildman–Crippen LogP) is 2.74. The number of rotatable bonds is 5. The molecule has 1 atom stereocenters. The van der Waals surface area contributed by atoms with Gasteiger partial charge in [0.1, 0.15) is 0 Å². The third kappa shape index (κ3) is 6.67. The summed E-state index contributed by atoms with van der Waals surface area (Å²) in [4.78, 5) is 0. The maximum absolute atomic E-state index is 5.56. The van der Waals surface area contributed by atoms with E-state index in [9.17, 15) is 0 Å². The molecule has 0 radical (unpaired) electrons. The average molecular weight is 196 g/mol. The van der Waals surface area contributed by atoms with Crippen molar-refractivity contribution in [2.24, 2.45) is 0 Å². The van der Waals surface area contributed by atoms with Crippen molar-refractivity contribution in [3.63, 3.8) is 0 Å². The molecule has 0 rings (SSSR count). The summed E-state index contributed by atoms with van der Waals surface area (Å²) < 4.78 is 0. The molecule has 1 unspecified atom stereocenters. The van der Waals surface area contributed by atoms with Gasteiger partial charge in [-0.05, 0) is 25.8 Å². The molecule has 0 saturated carbocycles. The zero-order valence-corrected chi connectivity index (χ0v) is 8.54. The van der Waals surface area contributed by atoms with Crippen molar-refractivity contribution >= 4 is 23.2 Å². The zero-order valence-electron chi connectivity index (χ0n) is 7.03. The van der Waals surface area contributed by atoms with Crippen molar-refractivity contribution in [2.45, 2.75) is 26.3 Å². The normalized spacial score (nSPS) is 15.1. The molecular weight excluding hydrogens is 181 g/mol. The lowest BCUT2D eigenvalue weighted by molar-refractivity contribution is 0.562. The van der Waals surface area contributed by atoms with E-state index in [1.54, 1.807) is 5.54 Å². The van der Waals surface area contributed by atoms with Gasteiger partial charge in [-0.15, -0.1) is 11.6 Å². The summed E-state index contributed by atoms with van der Waals surface area (Å²) >= 11 is 11.0. The smallest absolute Gasteiger partial charge is 0.0238 e. The lowest BCUT2D eigenvalue weighted by Gasteiger charge is -2.11. The van der Waals surface area contributed by atoms with Crippen molar-refractivity contribution in [1.29, 1.82) is 0 Å². The molecule has 0 aliphatic carbocycles. The Morgan fingerprint density at radius 1 is 1.64 bits per heavy atom. The van der Waals surface area contributed by atoms with E-state index in [4.69, 9.17) is 23.2 Å². The molecule has 3 heteroatoms. The quantitative estimate of drug-likeness (QED) is 0.666. The van der Waals surface area contributed by atoms with Crippen LogP contribution in [-0.4, -0.2) is 18.5 Å². The molecule has 1 nitrogen and oxygen atoms in total. The first-order valence-corrected chi connectivity index (χ1v) is 4.73. The van der Waals surface area contributed by atoms with Crippen molar-refractivity contribution in [3.8, 4) is 0 Å². The second kappa shape index (κ2) is 6.96. The summed E-state index contributed by atoms with van der Waals surface area (Å²) in [6.07, 6.45) is 0.997. The summed E-state index contributed by atoms with van der Waals surface area (Å²) in [6.45, 7) is 4.96. The van der Waals surface area contributed by atoms with Crippen LogP contribution in [-0.2, 0) is 0 Å². The van der Waals surface area contributed by atoms with Crippen LogP contribution in [0.4, 0.5) is 0 Å². The molecule has 0 aromatic carbocycles. The van der Waals surface area contributed by atoms with Crippen molar-refractivity contribution in [2.75, 3.05) is 12.4 Å². The summed E-state index contributed by atoms with van der Waals surface area (Å²) in [5.74, 6) is 0.706. The van der Waals surface area contributed by atoms with E-state index in [2.05, 4.69) is 12.2 Å². The number of hydrogen-bond donors (Lipinski definition) is 1. The van der Waals surface area contributed by atoms with Crippen LogP contribution in [0.5, 0.6) is 0 Å². The highest BCUT2D eigenvalue weighted by Gasteiger charge is 1.98. The highest BCUT2D eigenvalue weighted by atomic mass is 35.5. The Labute approximate surface area is 78.8 Å². The first-order chi connectivity index (χ1) is 5.20. The second-order valence-electron chi connectivity index (χ2n) is 2.72. The van der Waals surface area contributed by atoms with Gasteiger partial charge in [0.05, 0.1) is 0 Å². The maximum atomic E-state index is 5.56. The lowest BCUT2D eigenvalue weighted by atomic mass is 10.2. The van der Waals surface area contributed by atoms with E-state index in [-0.39, 0.29) is 0 Å². The number of hydrogen-bond acceptors (Lipinski definition) is 1. The van der Waals surface area contributed by atoms with Crippen molar-refractivity contribution in [1.82, 2.24) is 5.32 Å². The van der Waals surface area contributed by atoms with Crippen LogP contribution in [0.2, 0.25) is 0 Å². The van der Waals surface area contributed by atoms with Crippen LogP contribution in [0.15, 0.2) is 11.1 Å². The molecule has 11 heavy (non-hydrogen) atoms. The maximum Gasteiger partial charge on any atom is 0.0238 e. The molecule has 0 heterocycles. The van der Waals surface area contributed by atoms with Gasteiger partial charge in [-0.25, -0.2) is 0 Å². The summed E-state index contributed by atoms with van der Waals surface area (Å²) in [5.41, 5.74) is 2.74. The molecule has 0 aromatic rings. The van der Waals surface area contributed by atoms with E-state index in [1.165, 1.54) is 0 Å². The predicted molar refractivity (Wildman–Crippen MR) is 52.4 cm³/mol. The molecule has 0 aliphatic rings. The highest BCUT2D eigenvalue weighted by molar-refractivity contribution is 6.25. The monoisotopic (exact) mass is 195 g/mol. The topological polar surface area (TPSA) is 12.0 Å². The molecule has 0 saturated heterocycles. The van der Waals surface area contributed by atoms with Gasteiger partial charge in [-0.3, -0.25) is 0 Å². The Kier molecular flexibility index (Phi) is 7.13. The minimum absolute atomic E-state index is 0.471. The van der Waals surface area contributed by atoms with Gasteiger partial charge in [0.25, 0.3) is 0 Å². The van der Waals surface area contributed by atoms with E-state index >= 15 is 0 Å². The fourth-order valence-corrected chi connectivity index (χ4v) is 1.04. The third-order valence-electron chi connectivity index (χ3n) is 1.46. The van der Waals surface area contributed by atoms with Crippen molar-refractivity contribution in [3.05, 3.63) is 11.1 Å². The summed E-state index contributed by atoms with van der Waals surface area (Å²) in [6, 6.07) is 0.471. The molecule has 0 bridgehead atoms. The Morgan fingerprint density at radius 2 is 2.27 bits per heavy atom. The van der Waals surface area contributed by atoms with Crippen molar-refractivity contribution < 1.29 is 0 Å². The summed E-state index contributed by atoms with van der Waals surface area (Å²) in [5, 5.41) is 3.30. The van der Waals surface area contributed by atoms with E-state index in [0.29, 0.717) is 11.9 Å². The van der Waals surface area contributed by atoms with E-state index in [0.717, 1.165) is 18.5 Å². The van der Waals surface area contributed by atoms with Crippen LogP contribution in [0.1, 0.15) is 20.3 Å². The molecule has 1 N–H and O–H groups in total. The fraction of sp³-hybridized carbons (Fsp3) is 0.750. The fourth-order valence-electron chi connectivity index (χ4n) is 0.640. The number of alkyl halides is 1. The van der Waals surface area contributed by atoms with Gasteiger partial charge in [0.15, 0.2) is 0 Å². The first-order valence-electron chi connectivity index (χ1n) is 3.76. The standard InChI is InChI=1S/C8H15Cl2N/c1-7(5-10)6-11-8(2)3-4-9/h5,8,11H,3-4,6H2,1-2H3. The molecule has 66 valence electrons. The Morgan fingerprint density at radius 3 is 2.73 bits per heavy atom. The number of halogens is 2. The first kappa shape index (κ1) is 11.3. The molecular formula is C8H15Cl2N. The van der Waals surface area contributed by atoms with Crippen LogP contribution >= 0.6 is 23.2 Å². The molecule has 0 fully saturated rings. The largest absolute Gasteiger partial charge is 0.310 e. The third-order valence-corrected chi connectivity index (χ3v) is 2.05. The zero-order chi connectivity index (χ0) is 8.69. The SMILES string of the molecule is CC(=CCl)CNC(C)CCCl. The van der Waals surface area contributed by atoms with Crippen LogP contribution in [0.25, 0.3) is 0 Å². The van der Waals surface area contributed by atoms with Gasteiger partial charge < -0.3 is 5.32 Å². The minimum Gasteiger partial charge on any atom is -0.310 e. The van der Waals surface area contributed by atoms with Gasteiger partial charge in [0, 0.05) is 24.0 Å². The van der Waals surface area contributed by atoms with Crippen LogP contribution in [0, 0.1) is 0 Å². The Bertz CT molecular complexity index is 123. The van der Waals surface area contributed by atoms with Gasteiger partial charge >= 0.3 is 0 Å². The van der Waals surface area contributed by atoms with Gasteiger partial charge in [-0.2, -0.15) is 0 Å². The van der Waals surface area contributed by atoms with Crippen LogP contribution in [0.3, 0.4) is 0 Å². The average Bonchev–Trinajstić information content (AvgIpc) is 2.01.